The Kier molecular flexibility index (Phi) is 8.47. The van der Waals surface area contributed by atoms with Gasteiger partial charge in [0, 0.05) is 31.4 Å². The molecule has 168 valence electrons. The Morgan fingerprint density at radius 3 is 2.38 bits per heavy atom. The number of rotatable bonds is 7. The van der Waals surface area contributed by atoms with Crippen LogP contribution in [0.2, 0.25) is 10.0 Å². The number of hydrogen-bond donors (Lipinski definition) is 2. The summed E-state index contributed by atoms with van der Waals surface area (Å²) in [5.74, 6) is 0.223. The van der Waals surface area contributed by atoms with Crippen molar-refractivity contribution in [1.82, 2.24) is 15.0 Å². The Balaban J connectivity index is 0.00000363. The van der Waals surface area contributed by atoms with Crippen LogP contribution in [-0.2, 0) is 0 Å². The fourth-order valence-corrected chi connectivity index (χ4v) is 2.84. The van der Waals surface area contributed by atoms with Crippen LogP contribution >= 0.6 is 35.6 Å². The Morgan fingerprint density at radius 1 is 1.09 bits per heavy atom. The summed E-state index contributed by atoms with van der Waals surface area (Å²) in [6, 6.07) is 8.22. The van der Waals surface area contributed by atoms with Gasteiger partial charge in [-0.3, -0.25) is 10.1 Å². The van der Waals surface area contributed by atoms with Crippen LogP contribution in [0.1, 0.15) is 5.56 Å². The maximum Gasteiger partial charge on any atom is 0.288 e. The summed E-state index contributed by atoms with van der Waals surface area (Å²) in [6.07, 6.45) is 1.23. The fourth-order valence-electron chi connectivity index (χ4n) is 2.30. The van der Waals surface area contributed by atoms with Crippen LogP contribution in [0.4, 0.5) is 33.6 Å². The molecule has 1 aromatic heterocycles. The standard InChI is InChI=1S/C18H15Cl2FN8O2.ClH/c1-28(2)18-25-16(23-11-5-3-10(21)4-6-11)24-17(26-18)27-22-9-12-13(19)7-8-14(15(12)20)29(30)31;/h3-9H,1-2H3,(H2,23,24,25,26,27);1H. The molecule has 0 fully saturated rings. The van der Waals surface area contributed by atoms with Crippen LogP contribution in [0.3, 0.4) is 0 Å². The van der Waals surface area contributed by atoms with E-state index in [-0.39, 0.29) is 51.4 Å². The SMILES string of the molecule is CN(C)c1nc(NN=Cc2c(Cl)ccc([N+](=O)[O-])c2Cl)nc(Nc2ccc(F)cc2)n1.Cl. The first-order chi connectivity index (χ1) is 14.7. The predicted molar refractivity (Wildman–Crippen MR) is 125 cm³/mol. The van der Waals surface area contributed by atoms with E-state index < -0.39 is 4.92 Å². The van der Waals surface area contributed by atoms with Gasteiger partial charge in [-0.15, -0.1) is 12.4 Å². The number of halogens is 4. The second-order valence-corrected chi connectivity index (χ2v) is 7.02. The lowest BCUT2D eigenvalue weighted by atomic mass is 10.2. The lowest BCUT2D eigenvalue weighted by Gasteiger charge is -2.13. The van der Waals surface area contributed by atoms with Crippen LogP contribution in [0.25, 0.3) is 0 Å². The Labute approximate surface area is 198 Å². The average molecular weight is 502 g/mol. The number of nitro groups is 1. The minimum absolute atomic E-state index is 0. The molecule has 32 heavy (non-hydrogen) atoms. The highest BCUT2D eigenvalue weighted by Gasteiger charge is 2.17. The summed E-state index contributed by atoms with van der Waals surface area (Å²) < 4.78 is 13.1. The number of benzene rings is 2. The molecule has 2 N–H and O–H groups in total. The van der Waals surface area contributed by atoms with Gasteiger partial charge >= 0.3 is 0 Å². The zero-order valence-corrected chi connectivity index (χ0v) is 18.9. The van der Waals surface area contributed by atoms with E-state index in [1.807, 2.05) is 0 Å². The quantitative estimate of drug-likeness (QED) is 0.266. The molecule has 0 atom stereocenters. The number of anilines is 4. The normalized spacial score (nSPS) is 10.5. The van der Waals surface area contributed by atoms with Gasteiger partial charge in [-0.05, 0) is 30.3 Å². The number of hydrazone groups is 1. The largest absolute Gasteiger partial charge is 0.347 e. The van der Waals surface area contributed by atoms with E-state index in [0.29, 0.717) is 11.6 Å². The Bertz CT molecular complexity index is 1150. The van der Waals surface area contributed by atoms with Crippen molar-refractivity contribution < 1.29 is 9.31 Å². The van der Waals surface area contributed by atoms with Crippen LogP contribution in [0, 0.1) is 15.9 Å². The van der Waals surface area contributed by atoms with E-state index in [1.165, 1.54) is 42.6 Å². The molecule has 1 heterocycles. The van der Waals surface area contributed by atoms with Gasteiger partial charge in [-0.2, -0.15) is 20.1 Å². The molecule has 0 radical (unpaired) electrons. The van der Waals surface area contributed by atoms with Gasteiger partial charge in [0.25, 0.3) is 5.69 Å². The van der Waals surface area contributed by atoms with Crippen LogP contribution in [-0.4, -0.2) is 40.2 Å². The van der Waals surface area contributed by atoms with Gasteiger partial charge in [0.15, 0.2) is 0 Å². The molecule has 3 aromatic rings. The zero-order chi connectivity index (χ0) is 22.5. The average Bonchev–Trinajstić information content (AvgIpc) is 2.71. The van der Waals surface area contributed by atoms with Crippen molar-refractivity contribution in [2.45, 2.75) is 0 Å². The zero-order valence-electron chi connectivity index (χ0n) is 16.6. The molecule has 0 aliphatic carbocycles. The molecule has 10 nitrogen and oxygen atoms in total. The number of aromatic nitrogens is 3. The highest BCUT2D eigenvalue weighted by atomic mass is 35.5. The molecule has 0 bridgehead atoms. The molecular formula is C18H16Cl3FN8O2. The summed E-state index contributed by atoms with van der Waals surface area (Å²) in [7, 11) is 3.49. The Hall–Kier alpha value is -3.28. The van der Waals surface area contributed by atoms with Crippen molar-refractivity contribution in [2.75, 3.05) is 29.7 Å². The van der Waals surface area contributed by atoms with E-state index in [4.69, 9.17) is 23.2 Å². The fraction of sp³-hybridized carbons (Fsp3) is 0.111. The van der Waals surface area contributed by atoms with Gasteiger partial charge in [-0.1, -0.05) is 23.2 Å². The molecule has 0 saturated heterocycles. The molecule has 0 saturated carbocycles. The predicted octanol–water partition coefficient (Wildman–Crippen LogP) is 4.90. The van der Waals surface area contributed by atoms with E-state index in [1.54, 1.807) is 19.0 Å². The second kappa shape index (κ2) is 10.8. The molecule has 0 aliphatic heterocycles. The minimum atomic E-state index is -0.619. The van der Waals surface area contributed by atoms with Gasteiger partial charge in [-0.25, -0.2) is 9.82 Å². The molecule has 0 aliphatic rings. The van der Waals surface area contributed by atoms with E-state index in [0.717, 1.165) is 0 Å². The number of nitro benzene ring substituents is 1. The summed E-state index contributed by atoms with van der Waals surface area (Å²) in [5.41, 5.74) is 3.06. The Morgan fingerprint density at radius 2 is 1.75 bits per heavy atom. The molecule has 3 rings (SSSR count). The summed E-state index contributed by atoms with van der Waals surface area (Å²) in [5, 5.41) is 18.0. The van der Waals surface area contributed by atoms with E-state index >= 15 is 0 Å². The van der Waals surface area contributed by atoms with Crippen molar-refractivity contribution in [1.29, 1.82) is 0 Å². The van der Waals surface area contributed by atoms with Gasteiger partial charge < -0.3 is 10.2 Å². The van der Waals surface area contributed by atoms with E-state index in [9.17, 15) is 14.5 Å². The molecule has 0 spiro atoms. The lowest BCUT2D eigenvalue weighted by Crippen LogP contribution is -2.15. The van der Waals surface area contributed by atoms with Crippen LogP contribution < -0.4 is 15.6 Å². The number of nitrogens with zero attached hydrogens (tertiary/aromatic N) is 6. The maximum atomic E-state index is 13.1. The number of hydrogen-bond acceptors (Lipinski definition) is 9. The van der Waals surface area contributed by atoms with Crippen molar-refractivity contribution in [3.8, 4) is 0 Å². The van der Waals surface area contributed by atoms with E-state index in [2.05, 4.69) is 30.8 Å². The molecule has 0 unspecified atom stereocenters. The van der Waals surface area contributed by atoms with Crippen LogP contribution in [0.5, 0.6) is 0 Å². The monoisotopic (exact) mass is 500 g/mol. The lowest BCUT2D eigenvalue weighted by molar-refractivity contribution is -0.384. The highest BCUT2D eigenvalue weighted by molar-refractivity contribution is 6.40. The maximum absolute atomic E-state index is 13.1. The smallest absolute Gasteiger partial charge is 0.288 e. The van der Waals surface area contributed by atoms with Crippen molar-refractivity contribution in [2.24, 2.45) is 5.10 Å². The van der Waals surface area contributed by atoms with Crippen molar-refractivity contribution in [3.63, 3.8) is 0 Å². The first-order valence-electron chi connectivity index (χ1n) is 8.62. The topological polar surface area (TPSA) is 121 Å². The van der Waals surface area contributed by atoms with Crippen molar-refractivity contribution in [3.05, 3.63) is 67.9 Å². The second-order valence-electron chi connectivity index (χ2n) is 6.23. The molecule has 2 aromatic carbocycles. The summed E-state index contributed by atoms with van der Waals surface area (Å²) in [6.45, 7) is 0. The molecule has 14 heteroatoms. The molecule has 0 amide bonds. The summed E-state index contributed by atoms with van der Waals surface area (Å²) >= 11 is 12.1. The highest BCUT2D eigenvalue weighted by Crippen LogP contribution is 2.31. The number of nitrogens with one attached hydrogen (secondary N) is 2. The summed E-state index contributed by atoms with van der Waals surface area (Å²) in [4.78, 5) is 24.8. The third-order valence-corrected chi connectivity index (χ3v) is 4.51. The third-order valence-electron chi connectivity index (χ3n) is 3.79. The first kappa shape index (κ1) is 25.0. The van der Waals surface area contributed by atoms with Gasteiger partial charge in [0.2, 0.25) is 17.8 Å². The third kappa shape index (κ3) is 6.13. The van der Waals surface area contributed by atoms with Gasteiger partial charge in [0.1, 0.15) is 10.8 Å². The van der Waals surface area contributed by atoms with Crippen LogP contribution in [0.15, 0.2) is 41.5 Å². The van der Waals surface area contributed by atoms with Crippen molar-refractivity contribution >= 4 is 71.0 Å². The van der Waals surface area contributed by atoms with Gasteiger partial charge in [0.05, 0.1) is 16.2 Å². The first-order valence-corrected chi connectivity index (χ1v) is 9.37. The minimum Gasteiger partial charge on any atom is -0.347 e. The molecular weight excluding hydrogens is 486 g/mol.